The Labute approximate surface area is 126 Å². The molecular weight excluding hydrogens is 268 g/mol. The first-order chi connectivity index (χ1) is 10.1. The molecule has 1 unspecified atom stereocenters. The molecule has 5 heteroatoms. The Balaban J connectivity index is 2.57. The van der Waals surface area contributed by atoms with Crippen LogP contribution in [0, 0.1) is 16.0 Å². The first-order valence-electron chi connectivity index (χ1n) is 7.63. The molecule has 118 valence electrons. The number of hydrogen-bond donors (Lipinski definition) is 1. The summed E-state index contributed by atoms with van der Waals surface area (Å²) in [4.78, 5) is 10.5. The van der Waals surface area contributed by atoms with Gasteiger partial charge in [-0.15, -0.1) is 0 Å². The van der Waals surface area contributed by atoms with E-state index in [2.05, 4.69) is 19.2 Å². The van der Waals surface area contributed by atoms with E-state index in [1.807, 2.05) is 6.07 Å². The van der Waals surface area contributed by atoms with E-state index >= 15 is 0 Å². The van der Waals surface area contributed by atoms with Crippen molar-refractivity contribution in [3.05, 3.63) is 33.9 Å². The fourth-order valence-corrected chi connectivity index (χ4v) is 2.33. The molecule has 0 saturated carbocycles. The molecule has 0 bridgehead atoms. The van der Waals surface area contributed by atoms with Crippen molar-refractivity contribution in [3.63, 3.8) is 0 Å². The Morgan fingerprint density at radius 2 is 2.10 bits per heavy atom. The third kappa shape index (κ3) is 6.12. The van der Waals surface area contributed by atoms with Crippen LogP contribution in [-0.4, -0.2) is 18.6 Å². The molecule has 0 radical (unpaired) electrons. The highest BCUT2D eigenvalue weighted by Gasteiger charge is 2.11. The van der Waals surface area contributed by atoms with Crippen LogP contribution in [0.2, 0.25) is 0 Å². The molecule has 1 rings (SSSR count). The van der Waals surface area contributed by atoms with Crippen LogP contribution in [0.1, 0.15) is 45.1 Å². The van der Waals surface area contributed by atoms with Crippen LogP contribution in [0.5, 0.6) is 5.75 Å². The molecule has 5 nitrogen and oxygen atoms in total. The summed E-state index contributed by atoms with van der Waals surface area (Å²) < 4.78 is 5.12. The Morgan fingerprint density at radius 1 is 1.33 bits per heavy atom. The average molecular weight is 294 g/mol. The van der Waals surface area contributed by atoms with E-state index in [4.69, 9.17) is 4.74 Å². The Bertz CT molecular complexity index is 449. The Hall–Kier alpha value is -1.62. The summed E-state index contributed by atoms with van der Waals surface area (Å²) >= 11 is 0. The van der Waals surface area contributed by atoms with Gasteiger partial charge >= 0.3 is 0 Å². The fraction of sp³-hybridized carbons (Fsp3) is 0.625. The van der Waals surface area contributed by atoms with Crippen LogP contribution >= 0.6 is 0 Å². The molecule has 1 N–H and O–H groups in total. The van der Waals surface area contributed by atoms with Gasteiger partial charge in [-0.05, 0) is 30.5 Å². The molecule has 0 heterocycles. The molecule has 0 amide bonds. The number of benzene rings is 1. The minimum absolute atomic E-state index is 0.0733. The highest BCUT2D eigenvalue weighted by molar-refractivity contribution is 5.42. The van der Waals surface area contributed by atoms with Gasteiger partial charge in [0.1, 0.15) is 5.75 Å². The maximum absolute atomic E-state index is 10.9. The number of ether oxygens (including phenoxy) is 1. The maximum Gasteiger partial charge on any atom is 0.273 e. The van der Waals surface area contributed by atoms with Crippen LogP contribution < -0.4 is 10.1 Å². The zero-order chi connectivity index (χ0) is 15.7. The van der Waals surface area contributed by atoms with Crippen LogP contribution in [0.25, 0.3) is 0 Å². The van der Waals surface area contributed by atoms with Crippen molar-refractivity contribution in [2.45, 2.75) is 46.1 Å². The second kappa shape index (κ2) is 9.34. The van der Waals surface area contributed by atoms with Crippen molar-refractivity contribution in [1.29, 1.82) is 0 Å². The first kappa shape index (κ1) is 17.4. The summed E-state index contributed by atoms with van der Waals surface area (Å²) in [5.41, 5.74) is 0.954. The van der Waals surface area contributed by atoms with Crippen LogP contribution in [-0.2, 0) is 6.54 Å². The van der Waals surface area contributed by atoms with Gasteiger partial charge in [-0.3, -0.25) is 10.1 Å². The lowest BCUT2D eigenvalue weighted by molar-refractivity contribution is -0.385. The number of rotatable bonds is 10. The van der Waals surface area contributed by atoms with E-state index in [-0.39, 0.29) is 10.6 Å². The molecule has 1 atom stereocenters. The minimum atomic E-state index is -0.387. The summed E-state index contributed by atoms with van der Waals surface area (Å²) in [6.07, 6.45) is 4.87. The first-order valence-corrected chi connectivity index (χ1v) is 7.63. The van der Waals surface area contributed by atoms with Crippen molar-refractivity contribution in [1.82, 2.24) is 5.32 Å². The molecule has 0 spiro atoms. The topological polar surface area (TPSA) is 64.4 Å². The zero-order valence-corrected chi connectivity index (χ0v) is 13.2. The lowest BCUT2D eigenvalue weighted by Crippen LogP contribution is -2.22. The smallest absolute Gasteiger partial charge is 0.273 e. The lowest BCUT2D eigenvalue weighted by atomic mass is 9.99. The summed E-state index contributed by atoms with van der Waals surface area (Å²) in [5.74, 6) is 1.20. The van der Waals surface area contributed by atoms with E-state index in [9.17, 15) is 10.1 Å². The monoisotopic (exact) mass is 294 g/mol. The van der Waals surface area contributed by atoms with E-state index in [1.165, 1.54) is 32.4 Å². The van der Waals surface area contributed by atoms with Crippen molar-refractivity contribution in [3.8, 4) is 5.75 Å². The fourth-order valence-electron chi connectivity index (χ4n) is 2.33. The van der Waals surface area contributed by atoms with Crippen molar-refractivity contribution in [2.24, 2.45) is 5.92 Å². The predicted octanol–water partition coefficient (Wildman–Crippen LogP) is 3.91. The van der Waals surface area contributed by atoms with Gasteiger partial charge in [-0.2, -0.15) is 0 Å². The summed E-state index contributed by atoms with van der Waals surface area (Å²) in [6, 6.07) is 4.88. The number of nitro benzene ring substituents is 1. The lowest BCUT2D eigenvalue weighted by Gasteiger charge is -2.15. The molecule has 0 aliphatic heterocycles. The molecule has 1 aromatic carbocycles. The summed E-state index contributed by atoms with van der Waals surface area (Å²) in [5, 5.41) is 14.3. The van der Waals surface area contributed by atoms with Gasteiger partial charge in [-0.25, -0.2) is 0 Å². The van der Waals surface area contributed by atoms with Crippen LogP contribution in [0.4, 0.5) is 5.69 Å². The van der Waals surface area contributed by atoms with E-state index in [0.29, 0.717) is 18.2 Å². The average Bonchev–Trinajstić information content (AvgIpc) is 2.50. The maximum atomic E-state index is 10.9. The van der Waals surface area contributed by atoms with Gasteiger partial charge < -0.3 is 10.1 Å². The van der Waals surface area contributed by atoms with Gasteiger partial charge in [0, 0.05) is 12.6 Å². The zero-order valence-electron chi connectivity index (χ0n) is 13.2. The Kier molecular flexibility index (Phi) is 7.75. The van der Waals surface area contributed by atoms with Gasteiger partial charge in [0.2, 0.25) is 0 Å². The highest BCUT2D eigenvalue weighted by atomic mass is 16.6. The number of nitro groups is 1. The van der Waals surface area contributed by atoms with Crippen LogP contribution in [0.15, 0.2) is 18.2 Å². The van der Waals surface area contributed by atoms with Crippen molar-refractivity contribution < 1.29 is 9.66 Å². The third-order valence-electron chi connectivity index (χ3n) is 3.70. The van der Waals surface area contributed by atoms with Gasteiger partial charge in [0.25, 0.3) is 5.69 Å². The molecular formula is C16H26N2O3. The highest BCUT2D eigenvalue weighted by Crippen LogP contribution is 2.22. The van der Waals surface area contributed by atoms with E-state index in [1.54, 1.807) is 6.07 Å². The third-order valence-corrected chi connectivity index (χ3v) is 3.70. The van der Waals surface area contributed by atoms with E-state index in [0.717, 1.165) is 18.5 Å². The second-order valence-corrected chi connectivity index (χ2v) is 5.34. The molecule has 0 fully saturated rings. The number of nitrogens with zero attached hydrogens (tertiary/aromatic N) is 1. The van der Waals surface area contributed by atoms with Crippen LogP contribution in [0.3, 0.4) is 0 Å². The normalized spacial score (nSPS) is 12.1. The molecule has 0 aromatic heterocycles. The molecule has 0 saturated heterocycles. The van der Waals surface area contributed by atoms with Gasteiger partial charge in [0.05, 0.1) is 18.1 Å². The minimum Gasteiger partial charge on any atom is -0.496 e. The number of unbranched alkanes of at least 4 members (excludes halogenated alkanes) is 1. The second-order valence-electron chi connectivity index (χ2n) is 5.34. The standard InChI is InChI=1S/C16H26N2O3/c1-4-6-7-13(5-2)11-17-12-14-8-15(18(19)20)10-16(9-14)21-3/h8-10,13,17H,4-7,11-12H2,1-3H3. The summed E-state index contributed by atoms with van der Waals surface area (Å²) in [6.45, 7) is 5.98. The SMILES string of the molecule is CCCCC(CC)CNCc1cc(OC)cc([N+](=O)[O-])c1. The molecule has 21 heavy (non-hydrogen) atoms. The molecule has 0 aliphatic rings. The summed E-state index contributed by atoms with van der Waals surface area (Å²) in [7, 11) is 1.52. The predicted molar refractivity (Wildman–Crippen MR) is 84.7 cm³/mol. The number of hydrogen-bond acceptors (Lipinski definition) is 4. The van der Waals surface area contributed by atoms with E-state index < -0.39 is 0 Å². The molecule has 1 aromatic rings. The number of nitrogens with one attached hydrogen (secondary N) is 1. The quantitative estimate of drug-likeness (QED) is 0.525. The Morgan fingerprint density at radius 3 is 2.67 bits per heavy atom. The number of non-ortho nitro benzene ring substituents is 1. The van der Waals surface area contributed by atoms with Gasteiger partial charge in [-0.1, -0.05) is 33.1 Å². The largest absolute Gasteiger partial charge is 0.496 e. The number of methoxy groups -OCH3 is 1. The van der Waals surface area contributed by atoms with Gasteiger partial charge in [0.15, 0.2) is 0 Å². The molecule has 0 aliphatic carbocycles. The van der Waals surface area contributed by atoms with Crippen molar-refractivity contribution in [2.75, 3.05) is 13.7 Å². The van der Waals surface area contributed by atoms with Crippen molar-refractivity contribution >= 4 is 5.69 Å².